The topological polar surface area (TPSA) is 92.0 Å². The van der Waals surface area contributed by atoms with Crippen molar-refractivity contribution in [3.8, 4) is 6.07 Å². The first-order chi connectivity index (χ1) is 14.5. The summed E-state index contributed by atoms with van der Waals surface area (Å²) in [4.78, 5) is 23.4. The van der Waals surface area contributed by atoms with E-state index in [4.69, 9.17) is 10.00 Å². The Morgan fingerprint density at radius 1 is 1.19 bits per heavy atom. The molecule has 170 valence electrons. The Kier molecular flexibility index (Phi) is 9.99. The molecule has 31 heavy (non-hydrogen) atoms. The molecule has 0 N–H and O–H groups in total. The number of hydrazone groups is 1. The molecule has 0 aliphatic heterocycles. The molecular formula is C21H26F3N3O4. The van der Waals surface area contributed by atoms with E-state index in [2.05, 4.69) is 9.84 Å². The van der Waals surface area contributed by atoms with Crippen LogP contribution in [0.4, 0.5) is 13.2 Å². The van der Waals surface area contributed by atoms with Gasteiger partial charge in [-0.2, -0.15) is 23.5 Å². The third-order valence-corrected chi connectivity index (χ3v) is 4.37. The molecule has 7 nitrogen and oxygen atoms in total. The Morgan fingerprint density at radius 2 is 1.81 bits per heavy atom. The fourth-order valence-corrected chi connectivity index (χ4v) is 2.97. The van der Waals surface area contributed by atoms with Crippen LogP contribution in [0.1, 0.15) is 48.0 Å². The number of halogens is 3. The van der Waals surface area contributed by atoms with Gasteiger partial charge in [0.25, 0.3) is 0 Å². The van der Waals surface area contributed by atoms with Gasteiger partial charge in [-0.1, -0.05) is 18.6 Å². The quantitative estimate of drug-likeness (QED) is 0.311. The molecule has 0 amide bonds. The molecule has 0 saturated heterocycles. The predicted octanol–water partition coefficient (Wildman–Crippen LogP) is 3.91. The fraction of sp³-hybridized carbons (Fsp3) is 0.524. The minimum Gasteiger partial charge on any atom is -0.465 e. The number of ether oxygens (including phenoxy) is 2. The molecule has 2 atom stereocenters. The van der Waals surface area contributed by atoms with Gasteiger partial charge in [0.2, 0.25) is 0 Å². The Hall–Kier alpha value is -3.09. The first-order valence-corrected chi connectivity index (χ1v) is 9.62. The summed E-state index contributed by atoms with van der Waals surface area (Å²) < 4.78 is 50.8. The molecule has 0 spiro atoms. The fourth-order valence-electron chi connectivity index (χ4n) is 2.97. The van der Waals surface area contributed by atoms with Crippen molar-refractivity contribution >= 4 is 17.7 Å². The molecular weight excluding hydrogens is 415 g/mol. The predicted molar refractivity (Wildman–Crippen MR) is 107 cm³/mol. The summed E-state index contributed by atoms with van der Waals surface area (Å²) in [7, 11) is 3.98. The molecule has 0 aliphatic rings. The second-order valence-electron chi connectivity index (χ2n) is 6.86. The van der Waals surface area contributed by atoms with Crippen LogP contribution < -0.4 is 0 Å². The van der Waals surface area contributed by atoms with Crippen molar-refractivity contribution in [1.82, 2.24) is 5.01 Å². The third-order valence-electron chi connectivity index (χ3n) is 4.37. The normalized spacial score (nSPS) is 13.7. The molecule has 0 aliphatic carbocycles. The Labute approximate surface area is 179 Å². The Balaban J connectivity index is 3.21. The van der Waals surface area contributed by atoms with Crippen molar-refractivity contribution in [2.24, 2.45) is 11.0 Å². The van der Waals surface area contributed by atoms with Crippen LogP contribution in [0.25, 0.3) is 0 Å². The molecule has 0 radical (unpaired) electrons. The zero-order chi connectivity index (χ0) is 23.6. The molecule has 1 aromatic carbocycles. The number of benzene rings is 1. The number of carbonyl (C=O) groups excluding carboxylic acids is 2. The van der Waals surface area contributed by atoms with E-state index in [0.717, 1.165) is 5.01 Å². The summed E-state index contributed by atoms with van der Waals surface area (Å²) >= 11 is 0. The van der Waals surface area contributed by atoms with E-state index in [0.29, 0.717) is 5.56 Å². The van der Waals surface area contributed by atoms with Crippen LogP contribution in [0.15, 0.2) is 29.4 Å². The van der Waals surface area contributed by atoms with E-state index in [-0.39, 0.29) is 31.4 Å². The van der Waals surface area contributed by atoms with Crippen molar-refractivity contribution < 1.29 is 32.2 Å². The average Bonchev–Trinajstić information content (AvgIpc) is 2.71. The molecule has 0 saturated carbocycles. The molecule has 2 unspecified atom stereocenters. The van der Waals surface area contributed by atoms with Gasteiger partial charge >= 0.3 is 18.1 Å². The highest BCUT2D eigenvalue weighted by Gasteiger charge is 2.42. The van der Waals surface area contributed by atoms with Gasteiger partial charge < -0.3 is 14.5 Å². The summed E-state index contributed by atoms with van der Waals surface area (Å²) in [5.74, 6) is -3.51. The largest absolute Gasteiger partial charge is 0.465 e. The first kappa shape index (κ1) is 25.9. The minimum atomic E-state index is -4.70. The lowest BCUT2D eigenvalue weighted by atomic mass is 9.87. The van der Waals surface area contributed by atoms with Gasteiger partial charge in [0, 0.05) is 20.0 Å². The molecule has 10 heteroatoms. The highest BCUT2D eigenvalue weighted by atomic mass is 19.4. The molecule has 1 rings (SSSR count). The highest BCUT2D eigenvalue weighted by molar-refractivity contribution is 5.96. The first-order valence-electron chi connectivity index (χ1n) is 9.62. The lowest BCUT2D eigenvalue weighted by Crippen LogP contribution is -2.32. The zero-order valence-electron chi connectivity index (χ0n) is 17.9. The van der Waals surface area contributed by atoms with Crippen LogP contribution >= 0.6 is 0 Å². The standard InChI is InChI=1S/C21H26F3N3O4/c1-5-31-20(29)16(13-25)7-6-8-17(18(21(22,23)24)26-27(2)3)14-9-11-15(12-10-14)19(28)30-4/h9-12,16-17H,5-8H2,1-4H3/b26-18-. The van der Waals surface area contributed by atoms with Crippen LogP contribution in [-0.4, -0.2) is 56.6 Å². The SMILES string of the molecule is CCOC(=O)C(C#N)CCCC(/C(=N/N(C)C)C(F)(F)F)c1ccc(C(=O)OC)cc1. The van der Waals surface area contributed by atoms with E-state index in [1.54, 1.807) is 6.92 Å². The third kappa shape index (κ3) is 7.92. The van der Waals surface area contributed by atoms with Crippen molar-refractivity contribution in [3.05, 3.63) is 35.4 Å². The number of hydrogen-bond acceptors (Lipinski definition) is 7. The number of methoxy groups -OCH3 is 1. The number of nitrogens with zero attached hydrogens (tertiary/aromatic N) is 3. The molecule has 0 aromatic heterocycles. The van der Waals surface area contributed by atoms with Crippen LogP contribution in [0.3, 0.4) is 0 Å². The maximum absolute atomic E-state index is 13.8. The van der Waals surface area contributed by atoms with E-state index in [9.17, 15) is 22.8 Å². The second-order valence-corrected chi connectivity index (χ2v) is 6.86. The van der Waals surface area contributed by atoms with Crippen molar-refractivity contribution in [2.75, 3.05) is 27.8 Å². The molecule has 0 fully saturated rings. The minimum absolute atomic E-state index is 0.0126. The number of alkyl halides is 3. The molecule has 0 heterocycles. The molecule has 1 aromatic rings. The number of esters is 2. The number of nitriles is 1. The number of rotatable bonds is 10. The average molecular weight is 441 g/mol. The summed E-state index contributed by atoms with van der Waals surface area (Å²) in [6.45, 7) is 1.72. The Morgan fingerprint density at radius 3 is 2.26 bits per heavy atom. The second kappa shape index (κ2) is 11.9. The lowest BCUT2D eigenvalue weighted by molar-refractivity contribution is -0.146. The van der Waals surface area contributed by atoms with Gasteiger partial charge in [0.1, 0.15) is 11.6 Å². The maximum atomic E-state index is 13.8. The summed E-state index contributed by atoms with van der Waals surface area (Å²) in [5, 5.41) is 13.9. The molecule has 0 bridgehead atoms. The van der Waals surface area contributed by atoms with Crippen LogP contribution in [0, 0.1) is 17.2 Å². The van der Waals surface area contributed by atoms with Crippen molar-refractivity contribution in [3.63, 3.8) is 0 Å². The summed E-state index contributed by atoms with van der Waals surface area (Å²) in [5.41, 5.74) is -0.502. The maximum Gasteiger partial charge on any atom is 0.431 e. The summed E-state index contributed by atoms with van der Waals surface area (Å²) in [6, 6.07) is 7.43. The van der Waals surface area contributed by atoms with Crippen LogP contribution in [0.5, 0.6) is 0 Å². The highest BCUT2D eigenvalue weighted by Crippen LogP contribution is 2.33. The van der Waals surface area contributed by atoms with Crippen molar-refractivity contribution in [2.45, 2.75) is 38.3 Å². The monoisotopic (exact) mass is 441 g/mol. The van der Waals surface area contributed by atoms with Gasteiger partial charge in [-0.25, -0.2) is 4.79 Å². The number of hydrogen-bond donors (Lipinski definition) is 0. The van der Waals surface area contributed by atoms with Crippen LogP contribution in [-0.2, 0) is 14.3 Å². The lowest BCUT2D eigenvalue weighted by Gasteiger charge is -2.23. The van der Waals surface area contributed by atoms with E-state index in [1.807, 2.05) is 6.07 Å². The van der Waals surface area contributed by atoms with E-state index < -0.39 is 35.7 Å². The van der Waals surface area contributed by atoms with Gasteiger partial charge in [-0.05, 0) is 37.5 Å². The number of carbonyl (C=O) groups is 2. The van der Waals surface area contributed by atoms with Gasteiger partial charge in [-0.3, -0.25) is 4.79 Å². The van der Waals surface area contributed by atoms with Gasteiger partial charge in [0.15, 0.2) is 0 Å². The van der Waals surface area contributed by atoms with Crippen LogP contribution in [0.2, 0.25) is 0 Å². The van der Waals surface area contributed by atoms with E-state index >= 15 is 0 Å². The van der Waals surface area contributed by atoms with Crippen molar-refractivity contribution in [1.29, 1.82) is 5.26 Å². The summed E-state index contributed by atoms with van der Waals surface area (Å²) in [6.07, 6.45) is -4.50. The Bertz CT molecular complexity index is 815. The zero-order valence-corrected chi connectivity index (χ0v) is 17.9. The smallest absolute Gasteiger partial charge is 0.431 e. The van der Waals surface area contributed by atoms with E-state index in [1.165, 1.54) is 45.5 Å². The van der Waals surface area contributed by atoms with Gasteiger partial charge in [-0.15, -0.1) is 0 Å². The van der Waals surface area contributed by atoms with Gasteiger partial charge in [0.05, 0.1) is 25.3 Å².